The summed E-state index contributed by atoms with van der Waals surface area (Å²) in [6.07, 6.45) is 0. The van der Waals surface area contributed by atoms with E-state index in [-0.39, 0.29) is 0 Å². The second kappa shape index (κ2) is 3.98. The maximum Gasteiger partial charge on any atom is 0.187 e. The zero-order valence-corrected chi connectivity index (χ0v) is 8.57. The lowest BCUT2D eigenvalue weighted by Crippen LogP contribution is -1.77. The van der Waals surface area contributed by atoms with E-state index in [1.54, 1.807) is 0 Å². The number of hydrogen-bond donors (Lipinski definition) is 0. The maximum absolute atomic E-state index is 6.87. The van der Waals surface area contributed by atoms with Crippen LogP contribution < -0.4 is 0 Å². The fraction of sp³-hybridized carbons (Fsp3) is 0.0714. The van der Waals surface area contributed by atoms with Crippen LogP contribution in [0.5, 0.6) is 0 Å². The third kappa shape index (κ3) is 2.05. The van der Waals surface area contributed by atoms with E-state index < -0.39 is 0 Å². The molecular formula is C14H11N. The first-order chi connectivity index (χ1) is 7.29. The van der Waals surface area contributed by atoms with Crippen LogP contribution in [0.4, 0.5) is 5.69 Å². The quantitative estimate of drug-likeness (QED) is 0.597. The monoisotopic (exact) mass is 193 g/mol. The number of rotatable bonds is 1. The van der Waals surface area contributed by atoms with Crippen LogP contribution in [0.3, 0.4) is 0 Å². The summed E-state index contributed by atoms with van der Waals surface area (Å²) >= 11 is 0. The SMILES string of the molecule is [C-]#[N+]c1ccc(-c2ccc(C)cc2)cc1. The van der Waals surface area contributed by atoms with Gasteiger partial charge in [-0.2, -0.15) is 0 Å². The molecule has 2 aromatic carbocycles. The first kappa shape index (κ1) is 9.48. The molecule has 0 saturated carbocycles. The van der Waals surface area contributed by atoms with Crippen molar-refractivity contribution < 1.29 is 0 Å². The molecule has 0 spiro atoms. The standard InChI is InChI=1S/C14H11N/c1-11-3-5-12(6-4-11)13-7-9-14(15-2)10-8-13/h3-10H,1H3. The molecule has 2 rings (SSSR count). The summed E-state index contributed by atoms with van der Waals surface area (Å²) in [6, 6.07) is 16.1. The van der Waals surface area contributed by atoms with E-state index in [2.05, 4.69) is 36.0 Å². The van der Waals surface area contributed by atoms with E-state index in [0.717, 1.165) is 5.56 Å². The Morgan fingerprint density at radius 2 is 1.27 bits per heavy atom. The summed E-state index contributed by atoms with van der Waals surface area (Å²) in [6.45, 7) is 8.95. The topological polar surface area (TPSA) is 4.36 Å². The number of hydrogen-bond acceptors (Lipinski definition) is 0. The van der Waals surface area contributed by atoms with Gasteiger partial charge in [-0.15, -0.1) is 0 Å². The van der Waals surface area contributed by atoms with Crippen LogP contribution in [0.15, 0.2) is 48.5 Å². The van der Waals surface area contributed by atoms with Crippen molar-refractivity contribution in [2.75, 3.05) is 0 Å². The summed E-state index contributed by atoms with van der Waals surface area (Å²) in [5, 5.41) is 0. The van der Waals surface area contributed by atoms with Crippen LogP contribution in [0, 0.1) is 13.5 Å². The van der Waals surface area contributed by atoms with Crippen LogP contribution in [0.1, 0.15) is 5.56 Å². The molecule has 1 heteroatoms. The van der Waals surface area contributed by atoms with E-state index >= 15 is 0 Å². The van der Waals surface area contributed by atoms with Gasteiger partial charge < -0.3 is 0 Å². The average molecular weight is 193 g/mol. The minimum Gasteiger partial charge on any atom is -0.238 e. The lowest BCUT2D eigenvalue weighted by molar-refractivity contribution is 1.47. The summed E-state index contributed by atoms with van der Waals surface area (Å²) in [7, 11) is 0. The van der Waals surface area contributed by atoms with Crippen molar-refractivity contribution in [2.45, 2.75) is 6.92 Å². The van der Waals surface area contributed by atoms with Gasteiger partial charge in [0.1, 0.15) is 0 Å². The van der Waals surface area contributed by atoms with Gasteiger partial charge in [0, 0.05) is 0 Å². The molecule has 0 aromatic heterocycles. The van der Waals surface area contributed by atoms with Crippen molar-refractivity contribution in [1.82, 2.24) is 0 Å². The van der Waals surface area contributed by atoms with Gasteiger partial charge in [-0.3, -0.25) is 0 Å². The Morgan fingerprint density at radius 3 is 1.73 bits per heavy atom. The average Bonchev–Trinajstić information content (AvgIpc) is 2.30. The first-order valence-corrected chi connectivity index (χ1v) is 4.84. The number of aryl methyl sites for hydroxylation is 1. The zero-order valence-electron chi connectivity index (χ0n) is 8.57. The van der Waals surface area contributed by atoms with E-state index in [4.69, 9.17) is 6.57 Å². The predicted molar refractivity (Wildman–Crippen MR) is 62.9 cm³/mol. The summed E-state index contributed by atoms with van der Waals surface area (Å²) in [5.41, 5.74) is 4.29. The van der Waals surface area contributed by atoms with Crippen molar-refractivity contribution in [1.29, 1.82) is 0 Å². The Kier molecular flexibility index (Phi) is 2.51. The second-order valence-electron chi connectivity index (χ2n) is 3.52. The molecule has 1 nitrogen and oxygen atoms in total. The van der Waals surface area contributed by atoms with Crippen LogP contribution in [0.25, 0.3) is 16.0 Å². The van der Waals surface area contributed by atoms with Gasteiger partial charge in [-0.05, 0) is 18.1 Å². The van der Waals surface area contributed by atoms with Crippen LogP contribution in [-0.2, 0) is 0 Å². The highest BCUT2D eigenvalue weighted by Crippen LogP contribution is 2.22. The molecule has 0 unspecified atom stereocenters. The molecule has 0 aliphatic heterocycles. The molecule has 0 aliphatic carbocycles. The zero-order chi connectivity index (χ0) is 10.7. The van der Waals surface area contributed by atoms with Gasteiger partial charge in [0.25, 0.3) is 0 Å². The third-order valence-corrected chi connectivity index (χ3v) is 2.38. The highest BCUT2D eigenvalue weighted by Gasteiger charge is 1.96. The van der Waals surface area contributed by atoms with E-state index in [0.29, 0.717) is 5.69 Å². The van der Waals surface area contributed by atoms with E-state index in [1.165, 1.54) is 11.1 Å². The molecule has 0 radical (unpaired) electrons. The van der Waals surface area contributed by atoms with Gasteiger partial charge in [-0.1, -0.05) is 54.1 Å². The van der Waals surface area contributed by atoms with Crippen LogP contribution in [0.2, 0.25) is 0 Å². The van der Waals surface area contributed by atoms with Gasteiger partial charge in [0.05, 0.1) is 6.57 Å². The molecule has 15 heavy (non-hydrogen) atoms. The molecule has 0 bridgehead atoms. The van der Waals surface area contributed by atoms with Crippen molar-refractivity contribution in [3.05, 3.63) is 65.5 Å². The van der Waals surface area contributed by atoms with Gasteiger partial charge in [0.15, 0.2) is 5.69 Å². The second-order valence-corrected chi connectivity index (χ2v) is 3.52. The normalized spacial score (nSPS) is 9.60. The summed E-state index contributed by atoms with van der Waals surface area (Å²) < 4.78 is 0. The smallest absolute Gasteiger partial charge is 0.187 e. The lowest BCUT2D eigenvalue weighted by Gasteiger charge is -2.01. The van der Waals surface area contributed by atoms with Gasteiger partial charge in [0.2, 0.25) is 0 Å². The Hall–Kier alpha value is -2.07. The predicted octanol–water partition coefficient (Wildman–Crippen LogP) is 4.21. The van der Waals surface area contributed by atoms with E-state index in [1.807, 2.05) is 24.3 Å². The summed E-state index contributed by atoms with van der Waals surface area (Å²) in [4.78, 5) is 3.37. The molecule has 2 aromatic rings. The van der Waals surface area contributed by atoms with Crippen molar-refractivity contribution in [2.24, 2.45) is 0 Å². The molecule has 72 valence electrons. The highest BCUT2D eigenvalue weighted by molar-refractivity contribution is 5.66. The molecule has 0 N–H and O–H groups in total. The van der Waals surface area contributed by atoms with Crippen molar-refractivity contribution >= 4 is 5.69 Å². The first-order valence-electron chi connectivity index (χ1n) is 4.84. The van der Waals surface area contributed by atoms with Gasteiger partial charge >= 0.3 is 0 Å². The maximum atomic E-state index is 6.87. The molecule has 0 saturated heterocycles. The molecule has 0 heterocycles. The lowest BCUT2D eigenvalue weighted by atomic mass is 10.0. The highest BCUT2D eigenvalue weighted by atomic mass is 14.6. The summed E-state index contributed by atoms with van der Waals surface area (Å²) in [5.74, 6) is 0. The molecule has 0 fully saturated rings. The number of benzene rings is 2. The Balaban J connectivity index is 2.38. The van der Waals surface area contributed by atoms with Crippen molar-refractivity contribution in [3.63, 3.8) is 0 Å². The Morgan fingerprint density at radius 1 is 0.800 bits per heavy atom. The number of nitrogens with zero attached hydrogens (tertiary/aromatic N) is 1. The Labute approximate surface area is 89.8 Å². The van der Waals surface area contributed by atoms with Crippen molar-refractivity contribution in [3.8, 4) is 11.1 Å². The van der Waals surface area contributed by atoms with Crippen LogP contribution in [-0.4, -0.2) is 0 Å². The molecule has 0 atom stereocenters. The Bertz CT molecular complexity index is 486. The molecule has 0 aliphatic rings. The molecule has 0 amide bonds. The third-order valence-electron chi connectivity index (χ3n) is 2.38. The fourth-order valence-corrected chi connectivity index (χ4v) is 1.47. The van der Waals surface area contributed by atoms with Gasteiger partial charge in [-0.25, -0.2) is 4.85 Å². The molecular weight excluding hydrogens is 182 g/mol. The fourth-order valence-electron chi connectivity index (χ4n) is 1.47. The minimum atomic E-state index is 0.686. The van der Waals surface area contributed by atoms with Crippen LogP contribution >= 0.6 is 0 Å². The van der Waals surface area contributed by atoms with E-state index in [9.17, 15) is 0 Å². The minimum absolute atomic E-state index is 0.686. The largest absolute Gasteiger partial charge is 0.238 e.